The minimum atomic E-state index is 0.605. The Balaban J connectivity index is 2.56. The van der Waals surface area contributed by atoms with Gasteiger partial charge in [-0.2, -0.15) is 5.26 Å². The second-order valence-corrected chi connectivity index (χ2v) is 5.19. The predicted octanol–water partition coefficient (Wildman–Crippen LogP) is 3.64. The molecule has 0 aliphatic rings. The van der Waals surface area contributed by atoms with Crippen LogP contribution in [0.4, 0.5) is 0 Å². The first-order valence-corrected chi connectivity index (χ1v) is 7.59. The number of halogens is 1. The Morgan fingerprint density at radius 2 is 2.15 bits per heavy atom. The van der Waals surface area contributed by atoms with Gasteiger partial charge in [-0.1, -0.05) is 0 Å². The van der Waals surface area contributed by atoms with Crippen LogP contribution in [-0.2, 0) is 6.54 Å². The summed E-state index contributed by atoms with van der Waals surface area (Å²) < 4.78 is 11.8. The Morgan fingerprint density at radius 1 is 1.35 bits per heavy atom. The molecule has 0 aliphatic carbocycles. The molecule has 0 bridgehead atoms. The van der Waals surface area contributed by atoms with Crippen LogP contribution < -0.4 is 14.8 Å². The second-order valence-electron chi connectivity index (χ2n) is 4.33. The number of methoxy groups -OCH3 is 1. The first kappa shape index (κ1) is 16.8. The Morgan fingerprint density at radius 3 is 2.80 bits per heavy atom. The molecule has 110 valence electrons. The highest BCUT2D eigenvalue weighted by Gasteiger charge is 2.10. The third-order valence-corrected chi connectivity index (χ3v) is 3.38. The molecule has 20 heavy (non-hydrogen) atoms. The van der Waals surface area contributed by atoms with Crippen molar-refractivity contribution in [3.8, 4) is 17.6 Å². The molecule has 1 N–H and O–H groups in total. The van der Waals surface area contributed by atoms with Crippen molar-refractivity contribution in [2.24, 2.45) is 0 Å². The fraction of sp³-hybridized carbons (Fsp3) is 0.533. The summed E-state index contributed by atoms with van der Waals surface area (Å²) >= 11 is 3.50. The summed E-state index contributed by atoms with van der Waals surface area (Å²) in [7, 11) is 1.63. The molecule has 0 atom stereocenters. The Hall–Kier alpha value is -1.25. The van der Waals surface area contributed by atoms with Gasteiger partial charge in [0, 0.05) is 13.0 Å². The maximum atomic E-state index is 8.46. The molecule has 0 heterocycles. The monoisotopic (exact) mass is 340 g/mol. The maximum Gasteiger partial charge on any atom is 0.174 e. The molecule has 5 heteroatoms. The molecule has 0 spiro atoms. The fourth-order valence-electron chi connectivity index (χ4n) is 1.87. The summed E-state index contributed by atoms with van der Waals surface area (Å²) in [6.45, 7) is 4.24. The Bertz CT molecular complexity index is 458. The van der Waals surface area contributed by atoms with Crippen molar-refractivity contribution in [3.05, 3.63) is 22.2 Å². The standard InChI is InChI=1S/C15H21BrN2O2/c1-3-20-14-10-12(9-13(16)15(14)19-2)11-18-8-6-4-5-7-17/h9-10,18H,3-6,8,11H2,1-2H3. The zero-order chi connectivity index (χ0) is 14.8. The molecule has 0 fully saturated rings. The van der Waals surface area contributed by atoms with E-state index in [1.807, 2.05) is 19.1 Å². The largest absolute Gasteiger partial charge is 0.492 e. The highest BCUT2D eigenvalue weighted by molar-refractivity contribution is 9.10. The molecule has 0 saturated heterocycles. The third kappa shape index (κ3) is 5.40. The van der Waals surface area contributed by atoms with Gasteiger partial charge in [-0.15, -0.1) is 0 Å². The van der Waals surface area contributed by atoms with Crippen molar-refractivity contribution >= 4 is 15.9 Å². The molecule has 1 aromatic rings. The van der Waals surface area contributed by atoms with E-state index in [4.69, 9.17) is 14.7 Å². The molecule has 1 aromatic carbocycles. The van der Waals surface area contributed by atoms with Crippen molar-refractivity contribution < 1.29 is 9.47 Å². The summed E-state index contributed by atoms with van der Waals surface area (Å²) in [5, 5.41) is 11.8. The average molecular weight is 341 g/mol. The smallest absolute Gasteiger partial charge is 0.174 e. The van der Waals surface area contributed by atoms with Gasteiger partial charge in [0.05, 0.1) is 24.3 Å². The van der Waals surface area contributed by atoms with Crippen LogP contribution >= 0.6 is 15.9 Å². The van der Waals surface area contributed by atoms with Crippen LogP contribution in [0.15, 0.2) is 16.6 Å². The van der Waals surface area contributed by atoms with E-state index >= 15 is 0 Å². The van der Waals surface area contributed by atoms with E-state index in [-0.39, 0.29) is 0 Å². The predicted molar refractivity (Wildman–Crippen MR) is 83.0 cm³/mol. The number of ether oxygens (including phenoxy) is 2. The van der Waals surface area contributed by atoms with Gasteiger partial charge in [0.25, 0.3) is 0 Å². The van der Waals surface area contributed by atoms with Crippen LogP contribution in [0.1, 0.15) is 31.7 Å². The van der Waals surface area contributed by atoms with Gasteiger partial charge in [-0.25, -0.2) is 0 Å². The van der Waals surface area contributed by atoms with E-state index in [0.29, 0.717) is 13.0 Å². The number of nitriles is 1. The quantitative estimate of drug-likeness (QED) is 0.697. The number of unbranched alkanes of at least 4 members (excludes halogenated alkanes) is 2. The van der Waals surface area contributed by atoms with Crippen LogP contribution in [-0.4, -0.2) is 20.3 Å². The number of nitrogens with zero attached hydrogens (tertiary/aromatic N) is 1. The lowest BCUT2D eigenvalue weighted by atomic mass is 10.2. The zero-order valence-electron chi connectivity index (χ0n) is 12.0. The van der Waals surface area contributed by atoms with Crippen molar-refractivity contribution in [3.63, 3.8) is 0 Å². The lowest BCUT2D eigenvalue weighted by molar-refractivity contribution is 0.309. The molecule has 0 aliphatic heterocycles. The van der Waals surface area contributed by atoms with Crippen molar-refractivity contribution in [2.75, 3.05) is 20.3 Å². The summed E-state index contributed by atoms with van der Waals surface area (Å²) in [5.74, 6) is 1.48. The molecule has 0 unspecified atom stereocenters. The van der Waals surface area contributed by atoms with Crippen molar-refractivity contribution in [2.45, 2.75) is 32.7 Å². The second kappa shape index (κ2) is 9.62. The lowest BCUT2D eigenvalue weighted by Gasteiger charge is -2.13. The van der Waals surface area contributed by atoms with Gasteiger partial charge in [-0.05, 0) is 59.9 Å². The molecule has 0 amide bonds. The minimum absolute atomic E-state index is 0.605. The van der Waals surface area contributed by atoms with Gasteiger partial charge in [0.1, 0.15) is 0 Å². The van der Waals surface area contributed by atoms with Crippen molar-refractivity contribution in [1.82, 2.24) is 5.32 Å². The highest BCUT2D eigenvalue weighted by Crippen LogP contribution is 2.36. The van der Waals surface area contributed by atoms with E-state index in [2.05, 4.69) is 27.3 Å². The van der Waals surface area contributed by atoms with E-state index < -0.39 is 0 Å². The van der Waals surface area contributed by atoms with E-state index in [0.717, 1.165) is 47.5 Å². The van der Waals surface area contributed by atoms with E-state index in [1.165, 1.54) is 0 Å². The maximum absolute atomic E-state index is 8.46. The van der Waals surface area contributed by atoms with Crippen molar-refractivity contribution in [1.29, 1.82) is 5.26 Å². The van der Waals surface area contributed by atoms with Gasteiger partial charge in [-0.3, -0.25) is 0 Å². The average Bonchev–Trinajstić information content (AvgIpc) is 2.43. The fourth-order valence-corrected chi connectivity index (χ4v) is 2.52. The van der Waals surface area contributed by atoms with Crippen LogP contribution in [0.2, 0.25) is 0 Å². The van der Waals surface area contributed by atoms with Crippen LogP contribution in [0.5, 0.6) is 11.5 Å². The van der Waals surface area contributed by atoms with Gasteiger partial charge >= 0.3 is 0 Å². The third-order valence-electron chi connectivity index (χ3n) is 2.79. The van der Waals surface area contributed by atoms with Crippen LogP contribution in [0.3, 0.4) is 0 Å². The van der Waals surface area contributed by atoms with Crippen LogP contribution in [0, 0.1) is 11.3 Å². The summed E-state index contributed by atoms with van der Waals surface area (Å²) in [6.07, 6.45) is 2.59. The summed E-state index contributed by atoms with van der Waals surface area (Å²) in [6, 6.07) is 6.18. The molecule has 0 saturated carbocycles. The first-order chi connectivity index (χ1) is 9.72. The number of hydrogen-bond acceptors (Lipinski definition) is 4. The summed E-state index contributed by atoms with van der Waals surface area (Å²) in [4.78, 5) is 0. The number of nitrogens with one attached hydrogen (secondary N) is 1. The Labute approximate surface area is 129 Å². The number of rotatable bonds is 9. The van der Waals surface area contributed by atoms with Crippen LogP contribution in [0.25, 0.3) is 0 Å². The first-order valence-electron chi connectivity index (χ1n) is 6.79. The highest BCUT2D eigenvalue weighted by atomic mass is 79.9. The number of hydrogen-bond donors (Lipinski definition) is 1. The number of benzene rings is 1. The zero-order valence-corrected chi connectivity index (χ0v) is 13.6. The van der Waals surface area contributed by atoms with E-state index in [1.54, 1.807) is 7.11 Å². The molecule has 4 nitrogen and oxygen atoms in total. The summed E-state index contributed by atoms with van der Waals surface area (Å²) in [5.41, 5.74) is 1.14. The minimum Gasteiger partial charge on any atom is -0.492 e. The lowest BCUT2D eigenvalue weighted by Crippen LogP contribution is -2.14. The topological polar surface area (TPSA) is 54.3 Å². The Kier molecular flexibility index (Phi) is 8.08. The van der Waals surface area contributed by atoms with Gasteiger partial charge in [0.2, 0.25) is 0 Å². The molecular formula is C15H21BrN2O2. The SMILES string of the molecule is CCOc1cc(CNCCCCC#N)cc(Br)c1OC. The molecule has 0 radical (unpaired) electrons. The van der Waals surface area contributed by atoms with E-state index in [9.17, 15) is 0 Å². The molecule has 1 rings (SSSR count). The van der Waals surface area contributed by atoms with Gasteiger partial charge < -0.3 is 14.8 Å². The molecular weight excluding hydrogens is 320 g/mol. The normalized spacial score (nSPS) is 10.1. The van der Waals surface area contributed by atoms with Gasteiger partial charge in [0.15, 0.2) is 11.5 Å². The molecule has 0 aromatic heterocycles.